The summed E-state index contributed by atoms with van der Waals surface area (Å²) < 4.78 is 15.8. The predicted molar refractivity (Wildman–Crippen MR) is 132 cm³/mol. The standard InChI is InChI=1S/C27H34N2O6/c1-18(34-19(2)30)22-10-9-21-8-7-20(17-23(21)28-22)11-12-27(24(31)33-6)13-15-29(16-14-27)25(32)35-26(3,4)5/h7-12,17-18H,13-16H2,1-6H3/t18-/m1/s1. The van der Waals surface area contributed by atoms with Crippen molar-refractivity contribution in [2.75, 3.05) is 20.2 Å². The molecule has 0 N–H and O–H groups in total. The van der Waals surface area contributed by atoms with Crippen molar-refractivity contribution >= 4 is 35.0 Å². The van der Waals surface area contributed by atoms with Gasteiger partial charge in [-0.25, -0.2) is 9.78 Å². The van der Waals surface area contributed by atoms with E-state index in [1.807, 2.05) is 63.3 Å². The molecular formula is C27H34N2O6. The number of pyridine rings is 1. The minimum atomic E-state index is -0.832. The lowest BCUT2D eigenvalue weighted by molar-refractivity contribution is -0.152. The van der Waals surface area contributed by atoms with Crippen LogP contribution in [0.1, 0.15) is 64.8 Å². The number of ether oxygens (including phenoxy) is 3. The highest BCUT2D eigenvalue weighted by Crippen LogP contribution is 2.36. The molecular weight excluding hydrogens is 448 g/mol. The number of methoxy groups -OCH3 is 1. The van der Waals surface area contributed by atoms with E-state index in [1.165, 1.54) is 14.0 Å². The van der Waals surface area contributed by atoms with Gasteiger partial charge in [-0.15, -0.1) is 0 Å². The molecule has 8 heteroatoms. The number of piperidine rings is 1. The van der Waals surface area contributed by atoms with Crippen LogP contribution in [0.4, 0.5) is 4.79 Å². The maximum Gasteiger partial charge on any atom is 0.410 e. The summed E-state index contributed by atoms with van der Waals surface area (Å²) in [7, 11) is 1.38. The van der Waals surface area contributed by atoms with E-state index in [9.17, 15) is 14.4 Å². The average molecular weight is 483 g/mol. The fourth-order valence-electron chi connectivity index (χ4n) is 4.10. The fourth-order valence-corrected chi connectivity index (χ4v) is 4.10. The van der Waals surface area contributed by atoms with Gasteiger partial charge in [0.25, 0.3) is 0 Å². The number of nitrogens with zero attached hydrogens (tertiary/aromatic N) is 2. The Morgan fingerprint density at radius 1 is 1.11 bits per heavy atom. The maximum absolute atomic E-state index is 12.8. The zero-order valence-electron chi connectivity index (χ0n) is 21.3. The first-order chi connectivity index (χ1) is 16.4. The Labute approximate surface area is 206 Å². The lowest BCUT2D eigenvalue weighted by Crippen LogP contribution is -2.47. The molecule has 1 aliphatic rings. The van der Waals surface area contributed by atoms with Crippen LogP contribution in [0.25, 0.3) is 17.0 Å². The van der Waals surface area contributed by atoms with Gasteiger partial charge < -0.3 is 19.1 Å². The van der Waals surface area contributed by atoms with Crippen LogP contribution >= 0.6 is 0 Å². The highest BCUT2D eigenvalue weighted by Gasteiger charge is 2.42. The van der Waals surface area contributed by atoms with E-state index >= 15 is 0 Å². The molecule has 1 aromatic heterocycles. The number of likely N-dealkylation sites (tertiary alicyclic amines) is 1. The van der Waals surface area contributed by atoms with Crippen molar-refractivity contribution in [2.45, 2.75) is 59.2 Å². The SMILES string of the molecule is COC(=O)C1(C=Cc2ccc3ccc([C@@H](C)OC(C)=O)nc3c2)CCN(C(=O)OC(C)(C)C)CC1. The zero-order valence-corrected chi connectivity index (χ0v) is 21.3. The Kier molecular flexibility index (Phi) is 7.83. The Bertz CT molecular complexity index is 1130. The molecule has 3 rings (SSSR count). The number of esters is 2. The van der Waals surface area contributed by atoms with Crippen LogP contribution < -0.4 is 0 Å². The number of benzene rings is 1. The van der Waals surface area contributed by atoms with Gasteiger partial charge in [-0.2, -0.15) is 0 Å². The molecule has 1 atom stereocenters. The topological polar surface area (TPSA) is 95.0 Å². The van der Waals surface area contributed by atoms with Crippen molar-refractivity contribution in [3.05, 3.63) is 47.7 Å². The molecule has 0 unspecified atom stereocenters. The van der Waals surface area contributed by atoms with Crippen molar-refractivity contribution in [3.63, 3.8) is 0 Å². The summed E-state index contributed by atoms with van der Waals surface area (Å²) in [6, 6.07) is 9.62. The Morgan fingerprint density at radius 2 is 1.77 bits per heavy atom. The molecule has 0 saturated carbocycles. The number of aromatic nitrogens is 1. The third kappa shape index (κ3) is 6.59. The number of carbonyl (C=O) groups excluding carboxylic acids is 3. The second kappa shape index (κ2) is 10.5. The summed E-state index contributed by atoms with van der Waals surface area (Å²) in [5.74, 6) is -0.684. The second-order valence-corrected chi connectivity index (χ2v) is 9.89. The van der Waals surface area contributed by atoms with Crippen LogP contribution in [0.3, 0.4) is 0 Å². The number of fused-ring (bicyclic) bond motifs is 1. The summed E-state index contributed by atoms with van der Waals surface area (Å²) in [4.78, 5) is 42.8. The first kappa shape index (κ1) is 26.2. The van der Waals surface area contributed by atoms with E-state index in [2.05, 4.69) is 4.98 Å². The van der Waals surface area contributed by atoms with Gasteiger partial charge in [0, 0.05) is 25.4 Å². The van der Waals surface area contributed by atoms with Gasteiger partial charge in [0.1, 0.15) is 11.7 Å². The van der Waals surface area contributed by atoms with Crippen molar-refractivity contribution in [1.29, 1.82) is 0 Å². The summed E-state index contributed by atoms with van der Waals surface area (Å²) in [6.07, 6.45) is 3.81. The quantitative estimate of drug-likeness (QED) is 0.434. The summed E-state index contributed by atoms with van der Waals surface area (Å²) in [5.41, 5.74) is 0.889. The molecule has 0 aliphatic carbocycles. The molecule has 1 saturated heterocycles. The molecule has 2 aromatic rings. The highest BCUT2D eigenvalue weighted by atomic mass is 16.6. The first-order valence-corrected chi connectivity index (χ1v) is 11.8. The van der Waals surface area contributed by atoms with Crippen LogP contribution in [0.5, 0.6) is 0 Å². The first-order valence-electron chi connectivity index (χ1n) is 11.8. The van der Waals surface area contributed by atoms with E-state index in [4.69, 9.17) is 14.2 Å². The molecule has 0 radical (unpaired) electrons. The lowest BCUT2D eigenvalue weighted by atomic mass is 9.77. The molecule has 188 valence electrons. The van der Waals surface area contributed by atoms with Crippen LogP contribution in [0, 0.1) is 5.41 Å². The van der Waals surface area contributed by atoms with Crippen molar-refractivity contribution < 1.29 is 28.6 Å². The maximum atomic E-state index is 12.8. The molecule has 2 heterocycles. The highest BCUT2D eigenvalue weighted by molar-refractivity contribution is 5.84. The molecule has 35 heavy (non-hydrogen) atoms. The van der Waals surface area contributed by atoms with Gasteiger partial charge in [0.2, 0.25) is 0 Å². The van der Waals surface area contributed by atoms with Crippen molar-refractivity contribution in [2.24, 2.45) is 5.41 Å². The monoisotopic (exact) mass is 482 g/mol. The van der Waals surface area contributed by atoms with Gasteiger partial charge >= 0.3 is 18.0 Å². The summed E-state index contributed by atoms with van der Waals surface area (Å²) in [6.45, 7) is 9.42. The Balaban J connectivity index is 1.80. The van der Waals surface area contributed by atoms with Crippen LogP contribution in [0.15, 0.2) is 36.4 Å². The van der Waals surface area contributed by atoms with E-state index in [0.29, 0.717) is 31.6 Å². The van der Waals surface area contributed by atoms with Crippen molar-refractivity contribution in [1.82, 2.24) is 9.88 Å². The molecule has 1 aliphatic heterocycles. The van der Waals surface area contributed by atoms with E-state index in [1.54, 1.807) is 11.8 Å². The third-order valence-electron chi connectivity index (χ3n) is 5.99. The summed E-state index contributed by atoms with van der Waals surface area (Å²) >= 11 is 0. The van der Waals surface area contributed by atoms with E-state index in [0.717, 1.165) is 16.5 Å². The second-order valence-electron chi connectivity index (χ2n) is 9.89. The Hall–Kier alpha value is -3.42. The Morgan fingerprint density at radius 3 is 2.37 bits per heavy atom. The normalized spacial score (nSPS) is 16.7. The minimum absolute atomic E-state index is 0.325. The van der Waals surface area contributed by atoms with Gasteiger partial charge in [-0.05, 0) is 58.2 Å². The van der Waals surface area contributed by atoms with Crippen LogP contribution in [0.2, 0.25) is 0 Å². The average Bonchev–Trinajstić information content (AvgIpc) is 2.80. The zero-order chi connectivity index (χ0) is 25.8. The summed E-state index contributed by atoms with van der Waals surface area (Å²) in [5, 5.41) is 0.953. The molecule has 0 spiro atoms. The number of amides is 1. The predicted octanol–water partition coefficient (Wildman–Crippen LogP) is 5.06. The van der Waals surface area contributed by atoms with Crippen LogP contribution in [-0.4, -0.2) is 53.7 Å². The van der Waals surface area contributed by atoms with Crippen LogP contribution in [-0.2, 0) is 23.8 Å². The molecule has 8 nitrogen and oxygen atoms in total. The van der Waals surface area contributed by atoms with Crippen molar-refractivity contribution in [3.8, 4) is 0 Å². The molecule has 1 aromatic carbocycles. The van der Waals surface area contributed by atoms with E-state index in [-0.39, 0.29) is 18.0 Å². The molecule has 1 amide bonds. The van der Waals surface area contributed by atoms with E-state index < -0.39 is 17.1 Å². The van der Waals surface area contributed by atoms with Gasteiger partial charge in [-0.1, -0.05) is 30.4 Å². The largest absolute Gasteiger partial charge is 0.468 e. The molecule has 0 bridgehead atoms. The number of hydrogen-bond acceptors (Lipinski definition) is 7. The number of carbonyl (C=O) groups is 3. The molecule has 1 fully saturated rings. The van der Waals surface area contributed by atoms with Gasteiger partial charge in [-0.3, -0.25) is 9.59 Å². The smallest absolute Gasteiger partial charge is 0.410 e. The third-order valence-corrected chi connectivity index (χ3v) is 5.99. The number of rotatable bonds is 5. The van der Waals surface area contributed by atoms with Gasteiger partial charge in [0.15, 0.2) is 0 Å². The number of hydrogen-bond donors (Lipinski definition) is 0. The van der Waals surface area contributed by atoms with Gasteiger partial charge in [0.05, 0.1) is 23.7 Å². The fraction of sp³-hybridized carbons (Fsp3) is 0.481. The minimum Gasteiger partial charge on any atom is -0.468 e. The lowest BCUT2D eigenvalue weighted by Gasteiger charge is -2.38.